The van der Waals surface area contributed by atoms with Crippen LogP contribution in [0.25, 0.3) is 0 Å². The average Bonchev–Trinajstić information content (AvgIpc) is 2.89. The van der Waals surface area contributed by atoms with Crippen LogP contribution in [0.2, 0.25) is 0 Å². The molecule has 0 aromatic carbocycles. The molecule has 0 saturated carbocycles. The molecule has 0 bridgehead atoms. The molecule has 19 heavy (non-hydrogen) atoms. The molecule has 0 spiro atoms. The van der Waals surface area contributed by atoms with Gasteiger partial charge in [0.2, 0.25) is 5.88 Å². The Morgan fingerprint density at radius 1 is 1.42 bits per heavy atom. The van der Waals surface area contributed by atoms with Crippen LogP contribution in [0.4, 0.5) is 0 Å². The molecule has 0 fully saturated rings. The van der Waals surface area contributed by atoms with Crippen molar-refractivity contribution in [3.8, 4) is 5.88 Å². The molecule has 0 aliphatic heterocycles. The van der Waals surface area contributed by atoms with Crippen LogP contribution in [-0.2, 0) is 6.54 Å². The van der Waals surface area contributed by atoms with Gasteiger partial charge in [0.05, 0.1) is 25.0 Å². The smallest absolute Gasteiger partial charge is 0.216 e. The fraction of sp³-hybridized carbons (Fsp3) is 0.462. The van der Waals surface area contributed by atoms with E-state index in [0.717, 1.165) is 24.2 Å². The number of aromatic nitrogens is 4. The van der Waals surface area contributed by atoms with Crippen molar-refractivity contribution >= 4 is 0 Å². The predicted octanol–water partition coefficient (Wildman–Crippen LogP) is 1.40. The summed E-state index contributed by atoms with van der Waals surface area (Å²) >= 11 is 0. The third-order valence-electron chi connectivity index (χ3n) is 2.90. The lowest BCUT2D eigenvalue weighted by Crippen LogP contribution is -2.18. The molecule has 0 radical (unpaired) electrons. The van der Waals surface area contributed by atoms with Crippen LogP contribution >= 0.6 is 0 Å². The quantitative estimate of drug-likeness (QED) is 0.851. The lowest BCUT2D eigenvalue weighted by Gasteiger charge is -2.14. The number of nitrogens with zero attached hydrogens (tertiary/aromatic N) is 4. The van der Waals surface area contributed by atoms with Gasteiger partial charge in [-0.3, -0.25) is 4.68 Å². The van der Waals surface area contributed by atoms with Gasteiger partial charge in [-0.25, -0.2) is 9.97 Å². The molecule has 2 rings (SSSR count). The van der Waals surface area contributed by atoms with Gasteiger partial charge in [-0.15, -0.1) is 0 Å². The minimum Gasteiger partial charge on any atom is -0.481 e. The number of ether oxygens (including phenoxy) is 1. The molecule has 1 N–H and O–H groups in total. The zero-order chi connectivity index (χ0) is 13.7. The van der Waals surface area contributed by atoms with Crippen LogP contribution in [0.15, 0.2) is 24.8 Å². The first-order chi connectivity index (χ1) is 9.28. The van der Waals surface area contributed by atoms with E-state index in [4.69, 9.17) is 4.74 Å². The molecule has 6 nitrogen and oxygen atoms in total. The maximum atomic E-state index is 5.13. The van der Waals surface area contributed by atoms with Crippen molar-refractivity contribution in [2.24, 2.45) is 0 Å². The molecular formula is C13H19N5O. The SMILES string of the molecule is CCCn1cc(C(NC)c2cc(OC)ncn2)cn1. The summed E-state index contributed by atoms with van der Waals surface area (Å²) in [5.74, 6) is 0.561. The fourth-order valence-electron chi connectivity index (χ4n) is 1.99. The van der Waals surface area contributed by atoms with Crippen LogP contribution in [0.5, 0.6) is 5.88 Å². The van der Waals surface area contributed by atoms with Crippen molar-refractivity contribution in [3.63, 3.8) is 0 Å². The normalized spacial score (nSPS) is 12.4. The number of hydrogen-bond acceptors (Lipinski definition) is 5. The monoisotopic (exact) mass is 261 g/mol. The van der Waals surface area contributed by atoms with E-state index in [1.54, 1.807) is 7.11 Å². The lowest BCUT2D eigenvalue weighted by molar-refractivity contribution is 0.395. The third-order valence-corrected chi connectivity index (χ3v) is 2.90. The summed E-state index contributed by atoms with van der Waals surface area (Å²) in [4.78, 5) is 8.32. The van der Waals surface area contributed by atoms with Gasteiger partial charge in [0.1, 0.15) is 6.33 Å². The molecule has 2 aromatic rings. The maximum Gasteiger partial charge on any atom is 0.216 e. The molecule has 102 valence electrons. The van der Waals surface area contributed by atoms with E-state index in [1.165, 1.54) is 6.33 Å². The minimum absolute atomic E-state index is 0.0116. The highest BCUT2D eigenvalue weighted by Crippen LogP contribution is 2.21. The summed E-state index contributed by atoms with van der Waals surface area (Å²) in [7, 11) is 3.50. The number of methoxy groups -OCH3 is 1. The minimum atomic E-state index is -0.0116. The molecular weight excluding hydrogens is 242 g/mol. The zero-order valence-corrected chi connectivity index (χ0v) is 11.5. The molecule has 2 aromatic heterocycles. The summed E-state index contributed by atoms with van der Waals surface area (Å²) in [5.41, 5.74) is 1.95. The van der Waals surface area contributed by atoms with E-state index in [-0.39, 0.29) is 6.04 Å². The van der Waals surface area contributed by atoms with Crippen molar-refractivity contribution in [3.05, 3.63) is 36.0 Å². The fourth-order valence-corrected chi connectivity index (χ4v) is 1.99. The van der Waals surface area contributed by atoms with E-state index in [0.29, 0.717) is 5.88 Å². The second kappa shape index (κ2) is 6.29. The van der Waals surface area contributed by atoms with Crippen LogP contribution in [-0.4, -0.2) is 33.9 Å². The van der Waals surface area contributed by atoms with Gasteiger partial charge >= 0.3 is 0 Å². The predicted molar refractivity (Wildman–Crippen MR) is 72.0 cm³/mol. The lowest BCUT2D eigenvalue weighted by atomic mass is 10.1. The van der Waals surface area contributed by atoms with Crippen LogP contribution in [0.3, 0.4) is 0 Å². The number of nitrogens with one attached hydrogen (secondary N) is 1. The van der Waals surface area contributed by atoms with Gasteiger partial charge in [-0.2, -0.15) is 5.10 Å². The Balaban J connectivity index is 2.26. The maximum absolute atomic E-state index is 5.13. The Labute approximate surface area is 112 Å². The van der Waals surface area contributed by atoms with Crippen LogP contribution in [0, 0.1) is 0 Å². The standard InChI is InChI=1S/C13H19N5O/c1-4-5-18-8-10(7-17-18)13(14-2)11-6-12(19-3)16-9-15-11/h6-9,13-14H,4-5H2,1-3H3. The number of aryl methyl sites for hydroxylation is 1. The van der Waals surface area contributed by atoms with Crippen LogP contribution < -0.4 is 10.1 Å². The molecule has 2 heterocycles. The first kappa shape index (κ1) is 13.5. The van der Waals surface area contributed by atoms with E-state index in [9.17, 15) is 0 Å². The molecule has 0 amide bonds. The van der Waals surface area contributed by atoms with Crippen molar-refractivity contribution in [1.82, 2.24) is 25.1 Å². The summed E-state index contributed by atoms with van der Waals surface area (Å²) in [6.45, 7) is 3.05. The van der Waals surface area contributed by atoms with Gasteiger partial charge in [-0.05, 0) is 13.5 Å². The summed E-state index contributed by atoms with van der Waals surface area (Å²) < 4.78 is 7.07. The zero-order valence-electron chi connectivity index (χ0n) is 11.5. The molecule has 6 heteroatoms. The van der Waals surface area contributed by atoms with Gasteiger partial charge < -0.3 is 10.1 Å². The Kier molecular flexibility index (Phi) is 4.46. The third kappa shape index (κ3) is 3.08. The molecule has 0 saturated heterocycles. The Hall–Kier alpha value is -1.95. The van der Waals surface area contributed by atoms with E-state index >= 15 is 0 Å². The van der Waals surface area contributed by atoms with Crippen molar-refractivity contribution < 1.29 is 4.74 Å². The van der Waals surface area contributed by atoms with E-state index < -0.39 is 0 Å². The summed E-state index contributed by atoms with van der Waals surface area (Å²) in [6.07, 6.45) is 6.48. The molecule has 0 aliphatic carbocycles. The van der Waals surface area contributed by atoms with E-state index in [1.807, 2.05) is 30.2 Å². The van der Waals surface area contributed by atoms with Gasteiger partial charge in [0.15, 0.2) is 0 Å². The number of hydrogen-bond donors (Lipinski definition) is 1. The number of rotatable bonds is 6. The molecule has 0 aliphatic rings. The Morgan fingerprint density at radius 3 is 2.95 bits per heavy atom. The second-order valence-electron chi connectivity index (χ2n) is 4.24. The van der Waals surface area contributed by atoms with E-state index in [2.05, 4.69) is 27.3 Å². The highest BCUT2D eigenvalue weighted by molar-refractivity contribution is 5.26. The van der Waals surface area contributed by atoms with Crippen molar-refractivity contribution in [2.45, 2.75) is 25.9 Å². The highest BCUT2D eigenvalue weighted by atomic mass is 16.5. The largest absolute Gasteiger partial charge is 0.481 e. The Morgan fingerprint density at radius 2 is 2.26 bits per heavy atom. The average molecular weight is 261 g/mol. The Bertz CT molecular complexity index is 525. The van der Waals surface area contributed by atoms with Crippen LogP contribution in [0.1, 0.15) is 30.6 Å². The van der Waals surface area contributed by atoms with Gasteiger partial charge in [-0.1, -0.05) is 6.92 Å². The first-order valence-electron chi connectivity index (χ1n) is 6.34. The topological polar surface area (TPSA) is 64.9 Å². The summed E-state index contributed by atoms with van der Waals surface area (Å²) in [5, 5.41) is 7.59. The first-order valence-corrected chi connectivity index (χ1v) is 6.34. The van der Waals surface area contributed by atoms with Crippen molar-refractivity contribution in [2.75, 3.05) is 14.2 Å². The molecule has 1 unspecified atom stereocenters. The van der Waals surface area contributed by atoms with Gasteiger partial charge in [0.25, 0.3) is 0 Å². The van der Waals surface area contributed by atoms with Gasteiger partial charge in [0, 0.05) is 24.4 Å². The summed E-state index contributed by atoms with van der Waals surface area (Å²) in [6, 6.07) is 1.82. The van der Waals surface area contributed by atoms with Crippen molar-refractivity contribution in [1.29, 1.82) is 0 Å². The second-order valence-corrected chi connectivity index (χ2v) is 4.24. The molecule has 1 atom stereocenters. The highest BCUT2D eigenvalue weighted by Gasteiger charge is 2.16.